The molecule has 0 aliphatic heterocycles. The maximum Gasteiger partial charge on any atom is 0.394 e. The maximum absolute atomic E-state index is 12.5. The lowest BCUT2D eigenvalue weighted by atomic mass is 10.1. The van der Waals surface area contributed by atoms with Gasteiger partial charge in [0.05, 0.1) is 0 Å². The number of aliphatic carboxylic acids is 1. The first-order valence-electron chi connectivity index (χ1n) is 12.4. The molecule has 188 valence electrons. The van der Waals surface area contributed by atoms with Crippen LogP contribution in [0.1, 0.15) is 62.4 Å². The monoisotopic (exact) mass is 505 g/mol. The molecule has 36 heavy (non-hydrogen) atoms. The first-order valence-corrected chi connectivity index (χ1v) is 13.3. The predicted octanol–water partition coefficient (Wildman–Crippen LogP) is 6.47. The highest BCUT2D eigenvalue weighted by molar-refractivity contribution is 7.17. The van der Waals surface area contributed by atoms with Gasteiger partial charge in [-0.05, 0) is 46.5 Å². The standard InChI is InChI=1S/C28H31N3O4S/c1-2-3-4-5-6-7-12-25-29-26(35-30-25)21-15-13-20(14-16-21)17-31(27(32)28(33)34)18-22-19-36-24-11-9-8-10-23(22)24/h8-11,13-16,19H,2-7,12,17-18H2,1H3,(H,33,34). The topological polar surface area (TPSA) is 96.5 Å². The molecule has 0 saturated heterocycles. The number of aryl methyl sites for hydroxylation is 1. The van der Waals surface area contributed by atoms with E-state index < -0.39 is 11.9 Å². The van der Waals surface area contributed by atoms with Crippen molar-refractivity contribution in [3.63, 3.8) is 0 Å². The number of hydrogen-bond donors (Lipinski definition) is 1. The van der Waals surface area contributed by atoms with E-state index in [1.54, 1.807) is 11.3 Å². The Labute approximate surface area is 214 Å². The van der Waals surface area contributed by atoms with E-state index in [2.05, 4.69) is 17.1 Å². The Morgan fingerprint density at radius 1 is 0.972 bits per heavy atom. The number of unbranched alkanes of at least 4 members (excludes halogenated alkanes) is 5. The largest absolute Gasteiger partial charge is 0.474 e. The highest BCUT2D eigenvalue weighted by Gasteiger charge is 2.22. The second-order valence-electron chi connectivity index (χ2n) is 8.95. The van der Waals surface area contributed by atoms with Gasteiger partial charge in [0.15, 0.2) is 5.82 Å². The van der Waals surface area contributed by atoms with Crippen LogP contribution < -0.4 is 0 Å². The molecular formula is C28H31N3O4S. The Morgan fingerprint density at radius 2 is 1.72 bits per heavy atom. The van der Waals surface area contributed by atoms with Crippen LogP contribution >= 0.6 is 11.3 Å². The lowest BCUT2D eigenvalue weighted by Gasteiger charge is -2.21. The number of aromatic nitrogens is 2. The number of rotatable bonds is 12. The van der Waals surface area contributed by atoms with E-state index in [-0.39, 0.29) is 13.1 Å². The second kappa shape index (κ2) is 12.4. The van der Waals surface area contributed by atoms with Crippen LogP contribution in [-0.2, 0) is 29.1 Å². The summed E-state index contributed by atoms with van der Waals surface area (Å²) in [6, 6.07) is 15.4. The van der Waals surface area contributed by atoms with Crippen molar-refractivity contribution in [3.05, 3.63) is 70.9 Å². The van der Waals surface area contributed by atoms with Crippen molar-refractivity contribution >= 4 is 33.3 Å². The van der Waals surface area contributed by atoms with Crippen LogP contribution in [0, 0.1) is 0 Å². The molecule has 8 heteroatoms. The van der Waals surface area contributed by atoms with Crippen molar-refractivity contribution in [2.24, 2.45) is 0 Å². The van der Waals surface area contributed by atoms with Gasteiger partial charge >= 0.3 is 11.9 Å². The Balaban J connectivity index is 1.39. The zero-order valence-corrected chi connectivity index (χ0v) is 21.3. The molecule has 4 rings (SSSR count). The first-order chi connectivity index (χ1) is 17.5. The average Bonchev–Trinajstić information content (AvgIpc) is 3.53. The van der Waals surface area contributed by atoms with Crippen molar-refractivity contribution in [3.8, 4) is 11.5 Å². The van der Waals surface area contributed by atoms with Gasteiger partial charge in [0.2, 0.25) is 0 Å². The molecule has 0 aliphatic carbocycles. The average molecular weight is 506 g/mol. The van der Waals surface area contributed by atoms with Gasteiger partial charge in [-0.15, -0.1) is 11.3 Å². The summed E-state index contributed by atoms with van der Waals surface area (Å²) < 4.78 is 6.55. The van der Waals surface area contributed by atoms with Gasteiger partial charge in [0, 0.05) is 29.8 Å². The minimum Gasteiger partial charge on any atom is -0.474 e. The third-order valence-corrected chi connectivity index (χ3v) is 7.20. The quantitative estimate of drug-likeness (QED) is 0.175. The Kier molecular flexibility index (Phi) is 8.84. The van der Waals surface area contributed by atoms with Crippen LogP contribution in [0.15, 0.2) is 58.4 Å². The first kappa shape index (κ1) is 25.6. The summed E-state index contributed by atoms with van der Waals surface area (Å²) >= 11 is 1.58. The number of nitrogens with zero attached hydrogens (tertiary/aromatic N) is 3. The number of carboxylic acid groups (broad SMARTS) is 1. The van der Waals surface area contributed by atoms with Gasteiger partial charge in [0.1, 0.15) is 0 Å². The van der Waals surface area contributed by atoms with Crippen LogP contribution in [0.25, 0.3) is 21.5 Å². The number of benzene rings is 2. The molecule has 1 N–H and O–H groups in total. The number of amides is 1. The highest BCUT2D eigenvalue weighted by Crippen LogP contribution is 2.27. The molecule has 0 atom stereocenters. The van der Waals surface area contributed by atoms with Crippen molar-refractivity contribution in [2.75, 3.05) is 0 Å². The lowest BCUT2D eigenvalue weighted by Crippen LogP contribution is -2.35. The number of carbonyl (C=O) groups is 2. The summed E-state index contributed by atoms with van der Waals surface area (Å²) in [6.45, 7) is 2.62. The van der Waals surface area contributed by atoms with Crippen LogP contribution in [0.5, 0.6) is 0 Å². The number of carbonyl (C=O) groups excluding carboxylic acids is 1. The van der Waals surface area contributed by atoms with Crippen LogP contribution in [-0.4, -0.2) is 32.0 Å². The maximum atomic E-state index is 12.5. The van der Waals surface area contributed by atoms with E-state index in [9.17, 15) is 14.7 Å². The summed E-state index contributed by atoms with van der Waals surface area (Å²) in [5.41, 5.74) is 2.55. The molecule has 0 saturated carbocycles. The van der Waals surface area contributed by atoms with Gasteiger partial charge in [-0.1, -0.05) is 74.5 Å². The van der Waals surface area contributed by atoms with Gasteiger partial charge in [-0.2, -0.15) is 4.98 Å². The predicted molar refractivity (Wildman–Crippen MR) is 141 cm³/mol. The van der Waals surface area contributed by atoms with Crippen LogP contribution in [0.2, 0.25) is 0 Å². The van der Waals surface area contributed by atoms with E-state index in [0.717, 1.165) is 39.6 Å². The minimum atomic E-state index is -1.46. The molecule has 0 fully saturated rings. The molecule has 1 amide bonds. The van der Waals surface area contributed by atoms with Gasteiger partial charge in [-0.25, -0.2) is 4.79 Å². The molecule has 0 spiro atoms. The van der Waals surface area contributed by atoms with Gasteiger partial charge in [-0.3, -0.25) is 4.79 Å². The van der Waals surface area contributed by atoms with E-state index in [0.29, 0.717) is 11.7 Å². The zero-order valence-electron chi connectivity index (χ0n) is 20.5. The minimum absolute atomic E-state index is 0.183. The van der Waals surface area contributed by atoms with Crippen molar-refractivity contribution in [2.45, 2.75) is 65.0 Å². The zero-order chi connectivity index (χ0) is 25.3. The summed E-state index contributed by atoms with van der Waals surface area (Å²) in [5, 5.41) is 16.5. The van der Waals surface area contributed by atoms with Gasteiger partial charge in [0.25, 0.3) is 5.89 Å². The Morgan fingerprint density at radius 3 is 2.50 bits per heavy atom. The van der Waals surface area contributed by atoms with Crippen molar-refractivity contribution in [1.82, 2.24) is 15.0 Å². The highest BCUT2D eigenvalue weighted by atomic mass is 32.1. The smallest absolute Gasteiger partial charge is 0.394 e. The molecule has 0 bridgehead atoms. The molecule has 0 unspecified atom stereocenters. The summed E-state index contributed by atoms with van der Waals surface area (Å²) in [5.74, 6) is -1.21. The fourth-order valence-electron chi connectivity index (χ4n) is 4.20. The molecule has 4 aromatic rings. The lowest BCUT2D eigenvalue weighted by molar-refractivity contribution is -0.156. The Bertz CT molecular complexity index is 1300. The molecule has 0 radical (unpaired) electrons. The van der Waals surface area contributed by atoms with E-state index in [1.165, 1.54) is 37.0 Å². The number of hydrogen-bond acceptors (Lipinski definition) is 6. The SMILES string of the molecule is CCCCCCCCc1noc(-c2ccc(CN(Cc3csc4ccccc34)C(=O)C(=O)O)cc2)n1. The number of fused-ring (bicyclic) bond motifs is 1. The summed E-state index contributed by atoms with van der Waals surface area (Å²) in [6.07, 6.45) is 8.07. The van der Waals surface area contributed by atoms with E-state index in [4.69, 9.17) is 4.52 Å². The molecular weight excluding hydrogens is 474 g/mol. The third kappa shape index (κ3) is 6.57. The molecule has 0 aliphatic rings. The third-order valence-electron chi connectivity index (χ3n) is 6.19. The Hall–Kier alpha value is -3.52. The fourth-order valence-corrected chi connectivity index (χ4v) is 5.16. The van der Waals surface area contributed by atoms with Crippen molar-refractivity contribution < 1.29 is 19.2 Å². The molecule has 2 heterocycles. The number of carboxylic acids is 1. The van der Waals surface area contributed by atoms with E-state index in [1.807, 2.05) is 53.9 Å². The second-order valence-corrected chi connectivity index (χ2v) is 9.87. The summed E-state index contributed by atoms with van der Waals surface area (Å²) in [7, 11) is 0. The van der Waals surface area contributed by atoms with Crippen LogP contribution in [0.4, 0.5) is 0 Å². The molecule has 7 nitrogen and oxygen atoms in total. The fraction of sp³-hybridized carbons (Fsp3) is 0.357. The normalized spacial score (nSPS) is 11.1. The van der Waals surface area contributed by atoms with Crippen molar-refractivity contribution in [1.29, 1.82) is 0 Å². The summed E-state index contributed by atoms with van der Waals surface area (Å²) in [4.78, 5) is 29.8. The van der Waals surface area contributed by atoms with E-state index >= 15 is 0 Å². The molecule has 2 aromatic carbocycles. The molecule has 2 aromatic heterocycles. The van der Waals surface area contributed by atoms with Crippen LogP contribution in [0.3, 0.4) is 0 Å². The number of thiophene rings is 1. The van der Waals surface area contributed by atoms with Gasteiger partial charge < -0.3 is 14.5 Å².